The number of aryl methyl sites for hydroxylation is 1. The Hall–Kier alpha value is -0.460. The highest BCUT2D eigenvalue weighted by atomic mass is 79.9. The molecule has 2 rings (SSSR count). The summed E-state index contributed by atoms with van der Waals surface area (Å²) in [6.45, 7) is 3.01. The first-order valence-corrected chi connectivity index (χ1v) is 6.21. The molecule has 16 heavy (non-hydrogen) atoms. The van der Waals surface area contributed by atoms with Gasteiger partial charge in [-0.05, 0) is 42.7 Å². The lowest BCUT2D eigenvalue weighted by Gasteiger charge is -2.40. The summed E-state index contributed by atoms with van der Waals surface area (Å²) in [6, 6.07) is 0.362. The number of piperidine rings is 1. The first-order chi connectivity index (χ1) is 7.44. The fourth-order valence-corrected chi connectivity index (χ4v) is 3.07. The van der Waals surface area contributed by atoms with Crippen molar-refractivity contribution in [2.75, 3.05) is 13.6 Å². The maximum atomic E-state index is 10.7. The summed E-state index contributed by atoms with van der Waals surface area (Å²) >= 11 is 3.35. The molecule has 6 heteroatoms. The smallest absolute Gasteiger partial charge is 0.154 e. The average Bonchev–Trinajstić information content (AvgIpc) is 2.54. The van der Waals surface area contributed by atoms with E-state index in [1.807, 2.05) is 7.05 Å². The molecule has 1 aliphatic heterocycles. The fourth-order valence-electron chi connectivity index (χ4n) is 2.37. The van der Waals surface area contributed by atoms with Gasteiger partial charge >= 0.3 is 0 Å². The van der Waals surface area contributed by atoms with E-state index < -0.39 is 5.60 Å². The van der Waals surface area contributed by atoms with Crippen LogP contribution in [0.5, 0.6) is 0 Å². The van der Waals surface area contributed by atoms with Crippen LogP contribution in [0.25, 0.3) is 0 Å². The van der Waals surface area contributed by atoms with E-state index in [-0.39, 0.29) is 0 Å². The van der Waals surface area contributed by atoms with Crippen molar-refractivity contribution in [1.82, 2.24) is 19.9 Å². The molecule has 0 aliphatic carbocycles. The molecule has 1 fully saturated rings. The zero-order chi connectivity index (χ0) is 11.9. The van der Waals surface area contributed by atoms with Gasteiger partial charge in [0.05, 0.1) is 0 Å². The van der Waals surface area contributed by atoms with E-state index >= 15 is 0 Å². The van der Waals surface area contributed by atoms with Crippen molar-refractivity contribution in [3.05, 3.63) is 10.3 Å². The number of halogens is 1. The molecule has 5 nitrogen and oxygen atoms in total. The van der Waals surface area contributed by atoms with Crippen molar-refractivity contribution in [2.24, 2.45) is 7.05 Å². The van der Waals surface area contributed by atoms with Crippen molar-refractivity contribution in [3.63, 3.8) is 0 Å². The molecule has 0 aromatic carbocycles. The molecule has 2 heterocycles. The third-order valence-corrected chi connectivity index (χ3v) is 4.02. The molecule has 1 aromatic heterocycles. The largest absolute Gasteiger partial charge is 0.383 e. The van der Waals surface area contributed by atoms with Crippen molar-refractivity contribution in [1.29, 1.82) is 0 Å². The second kappa shape index (κ2) is 4.09. The molecule has 0 amide bonds. The van der Waals surface area contributed by atoms with Gasteiger partial charge in [-0.1, -0.05) is 5.21 Å². The average molecular weight is 289 g/mol. The predicted octanol–water partition coefficient (Wildman–Crippen LogP) is 0.879. The number of aliphatic hydroxyl groups is 1. The van der Waals surface area contributed by atoms with E-state index in [1.165, 1.54) is 0 Å². The first kappa shape index (κ1) is 12.0. The predicted molar refractivity (Wildman–Crippen MR) is 63.9 cm³/mol. The van der Waals surface area contributed by atoms with Crippen molar-refractivity contribution in [3.8, 4) is 0 Å². The van der Waals surface area contributed by atoms with E-state index in [9.17, 15) is 5.11 Å². The molecule has 1 aromatic rings. The summed E-state index contributed by atoms with van der Waals surface area (Å²) in [5.41, 5.74) is -0.0318. The van der Waals surface area contributed by atoms with Crippen LogP contribution in [0.1, 0.15) is 25.5 Å². The quantitative estimate of drug-likeness (QED) is 0.834. The lowest BCUT2D eigenvalue weighted by Crippen LogP contribution is -2.46. The van der Waals surface area contributed by atoms with Gasteiger partial charge < -0.3 is 10.0 Å². The lowest BCUT2D eigenvalue weighted by atomic mass is 9.85. The highest BCUT2D eigenvalue weighted by molar-refractivity contribution is 9.10. The number of likely N-dealkylation sites (tertiary alicyclic amines) is 1. The first-order valence-electron chi connectivity index (χ1n) is 5.42. The number of aromatic nitrogens is 3. The van der Waals surface area contributed by atoms with Crippen LogP contribution in [0, 0.1) is 0 Å². The Morgan fingerprint density at radius 2 is 2.19 bits per heavy atom. The van der Waals surface area contributed by atoms with Gasteiger partial charge in [0.15, 0.2) is 4.60 Å². The molecular weight excluding hydrogens is 272 g/mol. The summed E-state index contributed by atoms with van der Waals surface area (Å²) < 4.78 is 2.30. The van der Waals surface area contributed by atoms with Crippen LogP contribution in [-0.2, 0) is 12.6 Å². The standard InChI is InChI=1S/C10H17BrN4O/c1-7-6-10(16,4-5-14(7)2)8-9(11)12-13-15(8)3/h7,16H,4-6H2,1-3H3. The van der Waals surface area contributed by atoms with Crippen LogP contribution < -0.4 is 0 Å². The van der Waals surface area contributed by atoms with Crippen LogP contribution in [0.3, 0.4) is 0 Å². The minimum atomic E-state index is -0.816. The Labute approximate surface area is 104 Å². The minimum Gasteiger partial charge on any atom is -0.383 e. The Balaban J connectivity index is 2.33. The fraction of sp³-hybridized carbons (Fsp3) is 0.800. The lowest BCUT2D eigenvalue weighted by molar-refractivity contribution is -0.0471. The SMILES string of the molecule is CC1CC(O)(c2c(Br)nnn2C)CCN1C. The highest BCUT2D eigenvalue weighted by Crippen LogP contribution is 2.37. The van der Waals surface area contributed by atoms with Crippen LogP contribution in [0.2, 0.25) is 0 Å². The Morgan fingerprint density at radius 1 is 1.50 bits per heavy atom. The molecule has 0 spiro atoms. The van der Waals surface area contributed by atoms with Crippen LogP contribution in [0.15, 0.2) is 4.60 Å². The van der Waals surface area contributed by atoms with Gasteiger partial charge in [0.1, 0.15) is 11.3 Å². The molecule has 2 unspecified atom stereocenters. The van der Waals surface area contributed by atoms with Gasteiger partial charge in [0.2, 0.25) is 0 Å². The number of nitrogens with zero attached hydrogens (tertiary/aromatic N) is 4. The molecular formula is C10H17BrN4O. The summed E-state index contributed by atoms with van der Waals surface area (Å²) in [7, 11) is 3.90. The molecule has 1 aliphatic rings. The summed E-state index contributed by atoms with van der Waals surface area (Å²) in [5, 5.41) is 18.6. The highest BCUT2D eigenvalue weighted by Gasteiger charge is 2.40. The van der Waals surface area contributed by atoms with Crippen molar-refractivity contribution >= 4 is 15.9 Å². The van der Waals surface area contributed by atoms with Crippen LogP contribution >= 0.6 is 15.9 Å². The van der Waals surface area contributed by atoms with Crippen molar-refractivity contribution in [2.45, 2.75) is 31.4 Å². The van der Waals surface area contributed by atoms with E-state index in [2.05, 4.69) is 45.1 Å². The topological polar surface area (TPSA) is 54.2 Å². The molecule has 1 N–H and O–H groups in total. The zero-order valence-corrected chi connectivity index (χ0v) is 11.4. The Kier molecular flexibility index (Phi) is 3.07. The minimum absolute atomic E-state index is 0.362. The van der Waals surface area contributed by atoms with Gasteiger partial charge in [-0.3, -0.25) is 0 Å². The Morgan fingerprint density at radius 3 is 2.69 bits per heavy atom. The summed E-state index contributed by atoms with van der Waals surface area (Å²) in [6.07, 6.45) is 1.43. The Bertz CT molecular complexity index is 375. The van der Waals surface area contributed by atoms with E-state index in [0.717, 1.165) is 12.2 Å². The number of hydrogen-bond donors (Lipinski definition) is 1. The van der Waals surface area contributed by atoms with Gasteiger partial charge in [-0.25, -0.2) is 4.68 Å². The van der Waals surface area contributed by atoms with E-state index in [4.69, 9.17) is 0 Å². The molecule has 1 saturated heterocycles. The summed E-state index contributed by atoms with van der Waals surface area (Å²) in [4.78, 5) is 2.26. The molecule has 0 saturated carbocycles. The summed E-state index contributed by atoms with van der Waals surface area (Å²) in [5.74, 6) is 0. The maximum Gasteiger partial charge on any atom is 0.154 e. The van der Waals surface area contributed by atoms with E-state index in [1.54, 1.807) is 4.68 Å². The monoisotopic (exact) mass is 288 g/mol. The normalized spacial score (nSPS) is 31.9. The van der Waals surface area contributed by atoms with Gasteiger partial charge in [0, 0.05) is 19.6 Å². The second-order valence-corrected chi connectivity index (χ2v) is 5.42. The molecule has 0 radical (unpaired) electrons. The molecule has 90 valence electrons. The molecule has 0 bridgehead atoms. The maximum absolute atomic E-state index is 10.7. The number of hydrogen-bond acceptors (Lipinski definition) is 4. The van der Waals surface area contributed by atoms with Crippen LogP contribution in [0.4, 0.5) is 0 Å². The van der Waals surface area contributed by atoms with E-state index in [0.29, 0.717) is 23.5 Å². The van der Waals surface area contributed by atoms with Gasteiger partial charge in [-0.15, -0.1) is 5.10 Å². The second-order valence-electron chi connectivity index (χ2n) is 4.67. The third kappa shape index (κ3) is 1.89. The van der Waals surface area contributed by atoms with Gasteiger partial charge in [-0.2, -0.15) is 0 Å². The van der Waals surface area contributed by atoms with Gasteiger partial charge in [0.25, 0.3) is 0 Å². The third-order valence-electron chi connectivity index (χ3n) is 3.49. The number of rotatable bonds is 1. The zero-order valence-electron chi connectivity index (χ0n) is 9.81. The van der Waals surface area contributed by atoms with Crippen LogP contribution in [-0.4, -0.2) is 44.6 Å². The van der Waals surface area contributed by atoms with Crippen molar-refractivity contribution < 1.29 is 5.11 Å². The molecule has 2 atom stereocenters.